The number of amides is 2. The van der Waals surface area contributed by atoms with Gasteiger partial charge in [0, 0.05) is 45.3 Å². The zero-order valence-electron chi connectivity index (χ0n) is 19.8. The van der Waals surface area contributed by atoms with Crippen molar-refractivity contribution in [1.82, 2.24) is 10.2 Å². The number of rotatable bonds is 7. The van der Waals surface area contributed by atoms with Gasteiger partial charge in [0.25, 0.3) is 5.91 Å². The second-order valence-electron chi connectivity index (χ2n) is 8.61. The van der Waals surface area contributed by atoms with Crippen LogP contribution in [-0.2, 0) is 10.5 Å². The van der Waals surface area contributed by atoms with Crippen molar-refractivity contribution in [3.63, 3.8) is 0 Å². The van der Waals surface area contributed by atoms with Crippen molar-refractivity contribution in [3.05, 3.63) is 98.5 Å². The Hall–Kier alpha value is -2.91. The van der Waals surface area contributed by atoms with Crippen LogP contribution >= 0.6 is 46.3 Å². The quantitative estimate of drug-likeness (QED) is 0.238. The minimum Gasteiger partial charge on any atom is -0.312 e. The van der Waals surface area contributed by atoms with Crippen molar-refractivity contribution in [2.45, 2.75) is 29.9 Å². The molecule has 37 heavy (non-hydrogen) atoms. The zero-order chi connectivity index (χ0) is 25.9. The Morgan fingerprint density at radius 2 is 1.86 bits per heavy atom. The first-order chi connectivity index (χ1) is 17.9. The van der Waals surface area contributed by atoms with Gasteiger partial charge in [0.1, 0.15) is 5.01 Å². The van der Waals surface area contributed by atoms with E-state index in [1.807, 2.05) is 67.6 Å². The van der Waals surface area contributed by atoms with Crippen LogP contribution in [0.4, 0.5) is 10.8 Å². The largest absolute Gasteiger partial charge is 0.312 e. The first-order valence-electron chi connectivity index (χ1n) is 11.6. The van der Waals surface area contributed by atoms with Crippen molar-refractivity contribution in [2.24, 2.45) is 0 Å². The van der Waals surface area contributed by atoms with Crippen LogP contribution in [-0.4, -0.2) is 28.6 Å². The minimum absolute atomic E-state index is 0.00942. The molecule has 2 heterocycles. The number of nitrogens with one attached hydrogen (secondary N) is 1. The molecule has 0 radical (unpaired) electrons. The Labute approximate surface area is 233 Å². The van der Waals surface area contributed by atoms with Crippen LogP contribution in [0.3, 0.4) is 0 Å². The number of hydrogen-bond acceptors (Lipinski definition) is 6. The summed E-state index contributed by atoms with van der Waals surface area (Å²) in [6, 6.07) is 20.7. The van der Waals surface area contributed by atoms with Crippen LogP contribution in [0.15, 0.2) is 71.6 Å². The normalized spacial score (nSPS) is 15.3. The maximum Gasteiger partial charge on any atom is 0.258 e. The van der Waals surface area contributed by atoms with Crippen molar-refractivity contribution < 1.29 is 9.59 Å². The molecule has 0 bridgehead atoms. The number of halogens is 2. The van der Waals surface area contributed by atoms with Crippen molar-refractivity contribution in [3.8, 4) is 0 Å². The molecule has 1 atom stereocenters. The van der Waals surface area contributed by atoms with E-state index in [0.29, 0.717) is 44.5 Å². The molecule has 6 nitrogen and oxygen atoms in total. The highest BCUT2D eigenvalue weighted by Crippen LogP contribution is 2.36. The maximum absolute atomic E-state index is 13.1. The molecule has 10 heteroatoms. The maximum atomic E-state index is 13.1. The van der Waals surface area contributed by atoms with Crippen LogP contribution in [0.5, 0.6) is 0 Å². The van der Waals surface area contributed by atoms with Gasteiger partial charge in [-0.1, -0.05) is 70.9 Å². The highest BCUT2D eigenvalue weighted by molar-refractivity contribution is 7.98. The average molecular weight is 570 g/mol. The summed E-state index contributed by atoms with van der Waals surface area (Å²) < 4.78 is 0. The highest BCUT2D eigenvalue weighted by atomic mass is 35.5. The lowest BCUT2D eigenvalue weighted by molar-refractivity contribution is -0.117. The van der Waals surface area contributed by atoms with Gasteiger partial charge >= 0.3 is 0 Å². The van der Waals surface area contributed by atoms with Crippen molar-refractivity contribution in [1.29, 1.82) is 0 Å². The average Bonchev–Trinajstić information content (AvgIpc) is 3.52. The smallest absolute Gasteiger partial charge is 0.258 e. The summed E-state index contributed by atoms with van der Waals surface area (Å²) >= 11 is 15.4. The molecule has 1 saturated heterocycles. The standard InChI is InChI=1S/C27H22Cl2N4O2S2/c1-16-10-11-19(13-22(16)29)33-14-18(12-24(33)34)26-31-32-27(37-26)30-25(35)20-7-3-5-9-23(20)36-15-17-6-2-4-8-21(17)28/h2-11,13,18H,12,14-15H2,1H3,(H,30,32,35). The number of aromatic nitrogens is 2. The number of nitrogens with zero attached hydrogens (tertiary/aromatic N) is 3. The molecule has 1 aromatic heterocycles. The summed E-state index contributed by atoms with van der Waals surface area (Å²) in [7, 11) is 0. The summed E-state index contributed by atoms with van der Waals surface area (Å²) in [4.78, 5) is 28.4. The monoisotopic (exact) mass is 568 g/mol. The van der Waals surface area contributed by atoms with Gasteiger partial charge in [-0.15, -0.1) is 22.0 Å². The molecular weight excluding hydrogens is 547 g/mol. The molecule has 2 amide bonds. The lowest BCUT2D eigenvalue weighted by Crippen LogP contribution is -2.24. The summed E-state index contributed by atoms with van der Waals surface area (Å²) in [6.07, 6.45) is 0.329. The Balaban J connectivity index is 1.25. The Kier molecular flexibility index (Phi) is 7.81. The van der Waals surface area contributed by atoms with E-state index in [1.54, 1.807) is 22.7 Å². The molecule has 1 unspecified atom stereocenters. The van der Waals surface area contributed by atoms with Crippen molar-refractivity contribution >= 4 is 68.9 Å². The van der Waals surface area contributed by atoms with Crippen molar-refractivity contribution in [2.75, 3.05) is 16.8 Å². The molecule has 1 aliphatic rings. The fourth-order valence-electron chi connectivity index (χ4n) is 4.04. The first-order valence-corrected chi connectivity index (χ1v) is 14.1. The number of anilines is 2. The minimum atomic E-state index is -0.261. The van der Waals surface area contributed by atoms with Gasteiger partial charge in [-0.25, -0.2) is 0 Å². The summed E-state index contributed by atoms with van der Waals surface area (Å²) in [5.74, 6) is 0.290. The number of thioether (sulfide) groups is 1. The predicted octanol–water partition coefficient (Wildman–Crippen LogP) is 7.22. The SMILES string of the molecule is Cc1ccc(N2CC(c3nnc(NC(=O)c4ccccc4SCc4ccccc4Cl)s3)CC2=O)cc1Cl. The van der Waals surface area contributed by atoms with Gasteiger partial charge in [0.2, 0.25) is 11.0 Å². The van der Waals surface area contributed by atoms with E-state index in [4.69, 9.17) is 23.2 Å². The molecular formula is C27H22Cl2N4O2S2. The number of hydrogen-bond donors (Lipinski definition) is 1. The Morgan fingerprint density at radius 3 is 2.68 bits per heavy atom. The van der Waals surface area contributed by atoms with E-state index >= 15 is 0 Å². The lowest BCUT2D eigenvalue weighted by Gasteiger charge is -2.17. The second-order valence-corrected chi connectivity index (χ2v) is 11.5. The van der Waals surface area contributed by atoms with E-state index in [0.717, 1.165) is 21.7 Å². The topological polar surface area (TPSA) is 75.2 Å². The third kappa shape index (κ3) is 5.83. The number of carbonyl (C=O) groups is 2. The van der Waals surface area contributed by atoms with Crippen LogP contribution in [0, 0.1) is 6.92 Å². The molecule has 0 saturated carbocycles. The number of aryl methyl sites for hydroxylation is 1. The Bertz CT molecular complexity index is 1480. The summed E-state index contributed by atoms with van der Waals surface area (Å²) in [5, 5.41) is 13.8. The number of carbonyl (C=O) groups excluding carboxylic acids is 2. The third-order valence-electron chi connectivity index (χ3n) is 6.08. The van der Waals surface area contributed by atoms with Gasteiger partial charge in [-0.05, 0) is 48.4 Å². The molecule has 0 spiro atoms. The lowest BCUT2D eigenvalue weighted by atomic mass is 10.1. The molecule has 188 valence electrons. The summed E-state index contributed by atoms with van der Waals surface area (Å²) in [6.45, 7) is 2.41. The summed E-state index contributed by atoms with van der Waals surface area (Å²) in [5.41, 5.74) is 3.29. The Morgan fingerprint density at radius 1 is 1.08 bits per heavy atom. The number of benzene rings is 3. The van der Waals surface area contributed by atoms with Gasteiger partial charge < -0.3 is 4.90 Å². The van der Waals surface area contributed by atoms with Gasteiger partial charge in [0.15, 0.2) is 0 Å². The van der Waals surface area contributed by atoms with Gasteiger partial charge in [0.05, 0.1) is 5.56 Å². The molecule has 3 aromatic carbocycles. The second kappa shape index (κ2) is 11.2. The van der Waals surface area contributed by atoms with Gasteiger partial charge in [-0.3, -0.25) is 14.9 Å². The van der Waals surface area contributed by atoms with E-state index in [2.05, 4.69) is 15.5 Å². The van der Waals surface area contributed by atoms with Crippen LogP contribution in [0.1, 0.15) is 38.8 Å². The fourth-order valence-corrected chi connectivity index (χ4v) is 6.38. The third-order valence-corrected chi connectivity index (χ3v) is 8.97. The van der Waals surface area contributed by atoms with Crippen LogP contribution in [0.25, 0.3) is 0 Å². The van der Waals surface area contributed by atoms with E-state index < -0.39 is 0 Å². The molecule has 1 N–H and O–H groups in total. The molecule has 1 aliphatic heterocycles. The van der Waals surface area contributed by atoms with Crippen LogP contribution < -0.4 is 10.2 Å². The molecule has 0 aliphatic carbocycles. The van der Waals surface area contributed by atoms with E-state index in [9.17, 15) is 9.59 Å². The first kappa shape index (κ1) is 25.7. The van der Waals surface area contributed by atoms with Gasteiger partial charge in [-0.2, -0.15) is 0 Å². The molecule has 1 fully saturated rings. The highest BCUT2D eigenvalue weighted by Gasteiger charge is 2.34. The molecule has 5 rings (SSSR count). The zero-order valence-corrected chi connectivity index (χ0v) is 22.9. The fraction of sp³-hybridized carbons (Fsp3) is 0.185. The van der Waals surface area contributed by atoms with E-state index in [-0.39, 0.29) is 17.7 Å². The van der Waals surface area contributed by atoms with Crippen LogP contribution in [0.2, 0.25) is 10.0 Å². The predicted molar refractivity (Wildman–Crippen MR) is 151 cm³/mol. The van der Waals surface area contributed by atoms with E-state index in [1.165, 1.54) is 11.3 Å². The molecule has 4 aromatic rings.